The Hall–Kier alpha value is -2.97. The number of aromatic nitrogens is 2. The first-order valence-electron chi connectivity index (χ1n) is 10.9. The standard InChI is InChI=1S/C23H20F4N4O2S/c24-14-5-8-20-17(11-14)18(12-28)21(31(20)15-3-1-2-4-15)19-7-6-16(13-29-19)34(32,33)30-22(9-10-22)23(25,26)27/h5-8,11,13,15,30H,1-4,9-10H2. The zero-order chi connectivity index (χ0) is 24.3. The molecule has 2 heterocycles. The van der Waals surface area contributed by atoms with E-state index in [0.29, 0.717) is 16.6 Å². The van der Waals surface area contributed by atoms with Crippen LogP contribution < -0.4 is 4.72 Å². The van der Waals surface area contributed by atoms with Gasteiger partial charge in [-0.1, -0.05) is 12.8 Å². The molecule has 178 valence electrons. The molecule has 1 N–H and O–H groups in total. The van der Waals surface area contributed by atoms with Crippen molar-refractivity contribution in [3.63, 3.8) is 0 Å². The molecule has 0 spiro atoms. The number of sulfonamides is 1. The second kappa shape index (κ2) is 7.78. The number of pyridine rings is 1. The number of nitriles is 1. The summed E-state index contributed by atoms with van der Waals surface area (Å²) >= 11 is 0. The molecule has 1 aromatic carbocycles. The van der Waals surface area contributed by atoms with E-state index in [1.54, 1.807) is 10.8 Å². The van der Waals surface area contributed by atoms with Gasteiger partial charge in [0.25, 0.3) is 0 Å². The first-order valence-corrected chi connectivity index (χ1v) is 12.4. The third kappa shape index (κ3) is 3.65. The maximum atomic E-state index is 14.0. The van der Waals surface area contributed by atoms with E-state index in [-0.39, 0.29) is 30.1 Å². The molecule has 3 aromatic rings. The summed E-state index contributed by atoms with van der Waals surface area (Å²) < 4.78 is 82.6. The maximum absolute atomic E-state index is 14.0. The smallest absolute Gasteiger partial charge is 0.335 e. The van der Waals surface area contributed by atoms with Crippen LogP contribution in [-0.2, 0) is 10.0 Å². The summed E-state index contributed by atoms with van der Waals surface area (Å²) in [4.78, 5) is 3.82. The number of hydrogen-bond acceptors (Lipinski definition) is 4. The van der Waals surface area contributed by atoms with E-state index in [9.17, 15) is 31.2 Å². The highest BCUT2D eigenvalue weighted by molar-refractivity contribution is 7.89. The van der Waals surface area contributed by atoms with E-state index in [2.05, 4.69) is 11.1 Å². The molecule has 6 nitrogen and oxygen atoms in total. The van der Waals surface area contributed by atoms with Crippen molar-refractivity contribution in [1.82, 2.24) is 14.3 Å². The summed E-state index contributed by atoms with van der Waals surface area (Å²) in [5, 5.41) is 10.3. The average molecular weight is 492 g/mol. The van der Waals surface area contributed by atoms with Crippen molar-refractivity contribution in [2.45, 2.75) is 61.2 Å². The van der Waals surface area contributed by atoms with Gasteiger partial charge in [0.15, 0.2) is 0 Å². The van der Waals surface area contributed by atoms with Crippen LogP contribution in [-0.4, -0.2) is 29.7 Å². The minimum absolute atomic E-state index is 0.0680. The zero-order valence-corrected chi connectivity index (χ0v) is 18.7. The molecule has 0 atom stereocenters. The third-order valence-electron chi connectivity index (χ3n) is 6.68. The van der Waals surface area contributed by atoms with Crippen LogP contribution in [0.25, 0.3) is 22.3 Å². The molecule has 2 fully saturated rings. The Balaban J connectivity index is 1.59. The number of hydrogen-bond donors (Lipinski definition) is 1. The first kappa shape index (κ1) is 22.8. The zero-order valence-electron chi connectivity index (χ0n) is 17.9. The molecule has 11 heteroatoms. The lowest BCUT2D eigenvalue weighted by Crippen LogP contribution is -2.47. The molecule has 5 rings (SSSR count). The van der Waals surface area contributed by atoms with Crippen LogP contribution >= 0.6 is 0 Å². The van der Waals surface area contributed by atoms with E-state index < -0.39 is 32.5 Å². The Morgan fingerprint density at radius 3 is 2.41 bits per heavy atom. The van der Waals surface area contributed by atoms with Gasteiger partial charge in [-0.15, -0.1) is 0 Å². The lowest BCUT2D eigenvalue weighted by molar-refractivity contribution is -0.160. The molecule has 0 aliphatic heterocycles. The van der Waals surface area contributed by atoms with Crippen LogP contribution in [0, 0.1) is 17.1 Å². The highest BCUT2D eigenvalue weighted by Gasteiger charge is 2.65. The van der Waals surface area contributed by atoms with Gasteiger partial charge in [0.1, 0.15) is 22.3 Å². The minimum atomic E-state index is -4.69. The molecular weight excluding hydrogens is 472 g/mol. The number of fused-ring (bicyclic) bond motifs is 1. The molecule has 2 aliphatic carbocycles. The van der Waals surface area contributed by atoms with Crippen LogP contribution in [0.4, 0.5) is 17.6 Å². The molecule has 2 aliphatic rings. The van der Waals surface area contributed by atoms with Crippen molar-refractivity contribution >= 4 is 20.9 Å². The highest BCUT2D eigenvalue weighted by Crippen LogP contribution is 2.49. The quantitative estimate of drug-likeness (QED) is 0.496. The van der Waals surface area contributed by atoms with Crippen molar-refractivity contribution in [1.29, 1.82) is 5.26 Å². The fourth-order valence-corrected chi connectivity index (χ4v) is 6.15. The molecule has 0 saturated heterocycles. The molecule has 34 heavy (non-hydrogen) atoms. The normalized spacial score (nSPS) is 18.3. The Morgan fingerprint density at radius 2 is 1.85 bits per heavy atom. The Kier molecular flexibility index (Phi) is 5.22. The first-order chi connectivity index (χ1) is 16.1. The average Bonchev–Trinajstić information content (AvgIpc) is 3.25. The second-order valence-electron chi connectivity index (χ2n) is 8.87. The number of rotatable bonds is 5. The molecule has 0 bridgehead atoms. The maximum Gasteiger partial charge on any atom is 0.407 e. The predicted octanol–water partition coefficient (Wildman–Crippen LogP) is 5.20. The third-order valence-corrected chi connectivity index (χ3v) is 8.20. The summed E-state index contributed by atoms with van der Waals surface area (Å²) in [6.45, 7) is 0. The number of nitrogens with one attached hydrogen (secondary N) is 1. The van der Waals surface area contributed by atoms with Crippen molar-refractivity contribution in [3.8, 4) is 17.5 Å². The fourth-order valence-electron chi connectivity index (χ4n) is 4.76. The second-order valence-corrected chi connectivity index (χ2v) is 10.6. The van der Waals surface area contributed by atoms with Crippen LogP contribution in [0.5, 0.6) is 0 Å². The van der Waals surface area contributed by atoms with Gasteiger partial charge in [0, 0.05) is 17.6 Å². The Morgan fingerprint density at radius 1 is 1.15 bits per heavy atom. The highest BCUT2D eigenvalue weighted by atomic mass is 32.2. The molecule has 0 unspecified atom stereocenters. The summed E-state index contributed by atoms with van der Waals surface area (Å²) in [6, 6.07) is 8.97. The molecule has 2 aromatic heterocycles. The van der Waals surface area contributed by atoms with E-state index >= 15 is 0 Å². The SMILES string of the molecule is N#Cc1c(-c2ccc(S(=O)(=O)NC3(C(F)(F)F)CC3)cn2)n(C2CCCC2)c2ccc(F)cc12. The summed E-state index contributed by atoms with van der Waals surface area (Å²) in [6.07, 6.45) is -0.581. The van der Waals surface area contributed by atoms with Gasteiger partial charge in [-0.2, -0.15) is 23.2 Å². The van der Waals surface area contributed by atoms with Crippen molar-refractivity contribution in [2.24, 2.45) is 0 Å². The van der Waals surface area contributed by atoms with E-state index in [1.165, 1.54) is 24.3 Å². The summed E-state index contributed by atoms with van der Waals surface area (Å²) in [5.74, 6) is -0.488. The van der Waals surface area contributed by atoms with Crippen molar-refractivity contribution < 1.29 is 26.0 Å². The van der Waals surface area contributed by atoms with Gasteiger partial charge in [0.2, 0.25) is 10.0 Å². The van der Waals surface area contributed by atoms with Crippen molar-refractivity contribution in [3.05, 3.63) is 47.9 Å². The van der Waals surface area contributed by atoms with Gasteiger partial charge in [0.05, 0.1) is 22.5 Å². The fraction of sp³-hybridized carbons (Fsp3) is 0.391. The van der Waals surface area contributed by atoms with E-state index in [4.69, 9.17) is 0 Å². The summed E-state index contributed by atoms with van der Waals surface area (Å²) in [7, 11) is -4.46. The van der Waals surface area contributed by atoms with Crippen molar-refractivity contribution in [2.75, 3.05) is 0 Å². The number of benzene rings is 1. The lowest BCUT2D eigenvalue weighted by Gasteiger charge is -2.20. The monoisotopic (exact) mass is 492 g/mol. The largest absolute Gasteiger partial charge is 0.407 e. The number of alkyl halides is 3. The van der Waals surface area contributed by atoms with Gasteiger partial charge >= 0.3 is 6.18 Å². The van der Waals surface area contributed by atoms with Gasteiger partial charge in [-0.25, -0.2) is 12.8 Å². The van der Waals surface area contributed by atoms with Crippen LogP contribution in [0.15, 0.2) is 41.4 Å². The van der Waals surface area contributed by atoms with Crippen LogP contribution in [0.2, 0.25) is 0 Å². The Labute approximate surface area is 193 Å². The topological polar surface area (TPSA) is 87.8 Å². The number of halogens is 4. The number of nitrogens with zero attached hydrogens (tertiary/aromatic N) is 3. The Bertz CT molecular complexity index is 1410. The molecular formula is C23H20F4N4O2S. The molecule has 2 saturated carbocycles. The molecule has 0 amide bonds. The van der Waals surface area contributed by atoms with Gasteiger partial charge in [-0.3, -0.25) is 4.98 Å². The van der Waals surface area contributed by atoms with E-state index in [1.807, 2.05) is 4.57 Å². The van der Waals surface area contributed by atoms with Gasteiger partial charge < -0.3 is 4.57 Å². The van der Waals surface area contributed by atoms with Crippen LogP contribution in [0.3, 0.4) is 0 Å². The molecule has 0 radical (unpaired) electrons. The predicted molar refractivity (Wildman–Crippen MR) is 116 cm³/mol. The summed E-state index contributed by atoms with van der Waals surface area (Å²) in [5.41, 5.74) is -0.799. The van der Waals surface area contributed by atoms with Gasteiger partial charge in [-0.05, 0) is 56.0 Å². The van der Waals surface area contributed by atoms with E-state index in [0.717, 1.165) is 31.9 Å². The minimum Gasteiger partial charge on any atom is -0.335 e. The van der Waals surface area contributed by atoms with Crippen LogP contribution in [0.1, 0.15) is 50.1 Å². The lowest BCUT2D eigenvalue weighted by atomic mass is 10.1.